The lowest BCUT2D eigenvalue weighted by atomic mass is 10.2. The lowest BCUT2D eigenvalue weighted by Crippen LogP contribution is -2.01. The summed E-state index contributed by atoms with van der Waals surface area (Å²) < 4.78 is 4.65. The molecular weight excluding hydrogens is 226 g/mol. The molecule has 0 fully saturated rings. The quantitative estimate of drug-likeness (QED) is 0.586. The van der Waals surface area contributed by atoms with E-state index < -0.39 is 5.97 Å². The van der Waals surface area contributed by atoms with E-state index in [1.54, 1.807) is 0 Å². The average Bonchev–Trinajstić information content (AvgIpc) is 2.08. The van der Waals surface area contributed by atoms with Crippen LogP contribution in [0, 0.1) is 0 Å². The summed E-state index contributed by atoms with van der Waals surface area (Å²) in [7, 11) is 1.25. The van der Waals surface area contributed by atoms with Gasteiger partial charge in [0.2, 0.25) is 0 Å². The van der Waals surface area contributed by atoms with Gasteiger partial charge in [-0.2, -0.15) is 0 Å². The molecule has 0 spiro atoms. The van der Waals surface area contributed by atoms with Crippen LogP contribution in [0.5, 0.6) is 5.75 Å². The van der Waals surface area contributed by atoms with Gasteiger partial charge >= 0.3 is 5.97 Å². The molecule has 0 amide bonds. The van der Waals surface area contributed by atoms with Crippen molar-refractivity contribution in [3.8, 4) is 5.75 Å². The summed E-state index contributed by atoms with van der Waals surface area (Å²) in [5.41, 5.74) is 0.0966. The Morgan fingerprint density at radius 1 is 1.75 bits per heavy atom. The first-order valence-corrected chi connectivity index (χ1v) is 3.88. The van der Waals surface area contributed by atoms with Crippen LogP contribution in [-0.2, 0) is 4.74 Å². The molecule has 0 bridgehead atoms. The Balaban J connectivity index is 3.16. The van der Waals surface area contributed by atoms with Crippen LogP contribution in [0.2, 0.25) is 0 Å². The second kappa shape index (κ2) is 3.53. The summed E-state index contributed by atoms with van der Waals surface area (Å²) in [5, 5.41) is 9.29. The van der Waals surface area contributed by atoms with Crippen molar-refractivity contribution in [3.05, 3.63) is 22.4 Å². The minimum Gasteiger partial charge on any atom is -0.504 e. The maximum Gasteiger partial charge on any atom is 0.341 e. The number of esters is 1. The summed E-state index contributed by atoms with van der Waals surface area (Å²) in [4.78, 5) is 14.7. The monoisotopic (exact) mass is 231 g/mol. The van der Waals surface area contributed by atoms with E-state index in [0.717, 1.165) is 0 Å². The lowest BCUT2D eigenvalue weighted by molar-refractivity contribution is 0.0597. The number of hydrogen-bond donors (Lipinski definition) is 1. The van der Waals surface area contributed by atoms with Gasteiger partial charge in [-0.1, -0.05) is 0 Å². The first-order chi connectivity index (χ1) is 5.66. The van der Waals surface area contributed by atoms with Gasteiger partial charge in [-0.25, -0.2) is 9.78 Å². The highest BCUT2D eigenvalue weighted by molar-refractivity contribution is 9.10. The first kappa shape index (κ1) is 8.99. The van der Waals surface area contributed by atoms with Crippen LogP contribution >= 0.6 is 15.9 Å². The summed E-state index contributed by atoms with van der Waals surface area (Å²) in [6.07, 6.45) is 1.40. The van der Waals surface area contributed by atoms with Crippen LogP contribution in [0.25, 0.3) is 0 Å². The smallest absolute Gasteiger partial charge is 0.341 e. The van der Waals surface area contributed by atoms with Gasteiger partial charge in [0, 0.05) is 6.20 Å². The molecule has 0 aliphatic carbocycles. The van der Waals surface area contributed by atoms with Gasteiger partial charge in [0.05, 0.1) is 7.11 Å². The fourth-order valence-electron chi connectivity index (χ4n) is 0.703. The zero-order chi connectivity index (χ0) is 9.14. The van der Waals surface area contributed by atoms with Crippen LogP contribution < -0.4 is 0 Å². The molecule has 0 aliphatic rings. The molecule has 4 nitrogen and oxygen atoms in total. The SMILES string of the molecule is COC(=O)c1ccnc(Br)c1O. The van der Waals surface area contributed by atoms with Crippen LogP contribution in [0.3, 0.4) is 0 Å². The summed E-state index contributed by atoms with van der Waals surface area (Å²) in [6, 6.07) is 1.38. The standard InChI is InChI=1S/C7H6BrNO3/c1-12-7(11)4-2-3-9-6(8)5(4)10/h2-3,10H,1H3. The highest BCUT2D eigenvalue weighted by Crippen LogP contribution is 2.25. The zero-order valence-electron chi connectivity index (χ0n) is 6.24. The molecule has 1 N–H and O–H groups in total. The van der Waals surface area contributed by atoms with Crippen molar-refractivity contribution >= 4 is 21.9 Å². The number of carbonyl (C=O) groups excluding carboxylic acids is 1. The Hall–Kier alpha value is -1.10. The van der Waals surface area contributed by atoms with Crippen LogP contribution in [0.4, 0.5) is 0 Å². The fraction of sp³-hybridized carbons (Fsp3) is 0.143. The summed E-state index contributed by atoms with van der Waals surface area (Å²) in [5.74, 6) is -0.792. The maximum atomic E-state index is 11.0. The van der Waals surface area contributed by atoms with Gasteiger partial charge in [-0.05, 0) is 22.0 Å². The van der Waals surface area contributed by atoms with Crippen molar-refractivity contribution in [1.29, 1.82) is 0 Å². The second-order valence-electron chi connectivity index (χ2n) is 1.99. The van der Waals surface area contributed by atoms with E-state index in [1.807, 2.05) is 0 Å². The number of aromatic nitrogens is 1. The predicted octanol–water partition coefficient (Wildman–Crippen LogP) is 1.34. The molecule has 1 aromatic heterocycles. The number of rotatable bonds is 1. The molecule has 5 heteroatoms. The number of ether oxygens (including phenoxy) is 1. The largest absolute Gasteiger partial charge is 0.504 e. The molecule has 0 unspecified atom stereocenters. The molecule has 0 saturated carbocycles. The minimum atomic E-state index is -0.587. The molecule has 0 aliphatic heterocycles. The summed E-state index contributed by atoms with van der Waals surface area (Å²) in [6.45, 7) is 0. The molecule has 0 saturated heterocycles. The van der Waals surface area contributed by atoms with Gasteiger partial charge in [0.25, 0.3) is 0 Å². The van der Waals surface area contributed by atoms with E-state index in [4.69, 9.17) is 0 Å². The number of carbonyl (C=O) groups is 1. The van der Waals surface area contributed by atoms with Crippen molar-refractivity contribution < 1.29 is 14.6 Å². The number of nitrogens with zero attached hydrogens (tertiary/aromatic N) is 1. The topological polar surface area (TPSA) is 59.4 Å². The third-order valence-corrected chi connectivity index (χ3v) is 1.87. The van der Waals surface area contributed by atoms with E-state index in [-0.39, 0.29) is 15.9 Å². The first-order valence-electron chi connectivity index (χ1n) is 3.08. The summed E-state index contributed by atoms with van der Waals surface area (Å²) >= 11 is 2.97. The minimum absolute atomic E-state index is 0.0966. The van der Waals surface area contributed by atoms with Gasteiger partial charge < -0.3 is 9.84 Å². The van der Waals surface area contributed by atoms with Crippen LogP contribution in [0.1, 0.15) is 10.4 Å². The number of halogens is 1. The Labute approximate surface area is 77.3 Å². The second-order valence-corrected chi connectivity index (χ2v) is 2.74. The van der Waals surface area contributed by atoms with Crippen molar-refractivity contribution in [2.45, 2.75) is 0 Å². The molecule has 0 radical (unpaired) electrons. The van der Waals surface area contributed by atoms with Crippen molar-refractivity contribution in [1.82, 2.24) is 4.98 Å². The molecule has 1 heterocycles. The molecular formula is C7H6BrNO3. The number of pyridine rings is 1. The van der Waals surface area contributed by atoms with E-state index in [2.05, 4.69) is 25.7 Å². The fourth-order valence-corrected chi connectivity index (χ4v) is 1.03. The third-order valence-electron chi connectivity index (χ3n) is 1.28. The molecule has 12 heavy (non-hydrogen) atoms. The molecule has 0 aromatic carbocycles. The van der Waals surface area contributed by atoms with E-state index in [0.29, 0.717) is 0 Å². The van der Waals surface area contributed by atoms with Crippen LogP contribution in [-0.4, -0.2) is 23.2 Å². The lowest BCUT2D eigenvalue weighted by Gasteiger charge is -2.01. The average molecular weight is 232 g/mol. The highest BCUT2D eigenvalue weighted by atomic mass is 79.9. The van der Waals surface area contributed by atoms with E-state index in [1.165, 1.54) is 19.4 Å². The number of hydrogen-bond acceptors (Lipinski definition) is 4. The molecule has 64 valence electrons. The highest BCUT2D eigenvalue weighted by Gasteiger charge is 2.13. The van der Waals surface area contributed by atoms with Gasteiger partial charge in [0.15, 0.2) is 5.75 Å². The Kier molecular flexibility index (Phi) is 2.65. The Morgan fingerprint density at radius 3 is 3.00 bits per heavy atom. The van der Waals surface area contributed by atoms with Crippen molar-refractivity contribution in [2.75, 3.05) is 7.11 Å². The number of aromatic hydroxyl groups is 1. The van der Waals surface area contributed by atoms with Crippen LogP contribution in [0.15, 0.2) is 16.9 Å². The van der Waals surface area contributed by atoms with Gasteiger partial charge in [-0.3, -0.25) is 0 Å². The third kappa shape index (κ3) is 1.55. The normalized spacial score (nSPS) is 9.50. The zero-order valence-corrected chi connectivity index (χ0v) is 7.83. The number of methoxy groups -OCH3 is 1. The van der Waals surface area contributed by atoms with Gasteiger partial charge in [-0.15, -0.1) is 0 Å². The van der Waals surface area contributed by atoms with Crippen molar-refractivity contribution in [2.24, 2.45) is 0 Å². The maximum absolute atomic E-state index is 11.0. The Morgan fingerprint density at radius 2 is 2.42 bits per heavy atom. The van der Waals surface area contributed by atoms with E-state index in [9.17, 15) is 9.90 Å². The Bertz CT molecular complexity index is 314. The molecule has 1 aromatic rings. The predicted molar refractivity (Wildman–Crippen MR) is 44.9 cm³/mol. The molecule has 1 rings (SSSR count). The van der Waals surface area contributed by atoms with Crippen molar-refractivity contribution in [3.63, 3.8) is 0 Å². The van der Waals surface area contributed by atoms with Gasteiger partial charge in [0.1, 0.15) is 10.2 Å². The van der Waals surface area contributed by atoms with E-state index >= 15 is 0 Å². The molecule has 0 atom stereocenters.